The molecule has 1 spiro atoms. The summed E-state index contributed by atoms with van der Waals surface area (Å²) in [7, 11) is 0. The Labute approximate surface area is 242 Å². The van der Waals surface area contributed by atoms with Crippen LogP contribution in [0, 0.1) is 11.7 Å². The van der Waals surface area contributed by atoms with Gasteiger partial charge in [-0.3, -0.25) is 14.9 Å². The first-order valence-corrected chi connectivity index (χ1v) is 13.9. The zero-order chi connectivity index (χ0) is 29.6. The van der Waals surface area contributed by atoms with Crippen molar-refractivity contribution in [2.75, 3.05) is 18.1 Å². The van der Waals surface area contributed by atoms with Gasteiger partial charge in [-0.25, -0.2) is 18.9 Å². The van der Waals surface area contributed by atoms with Gasteiger partial charge < -0.3 is 9.47 Å². The van der Waals surface area contributed by atoms with Gasteiger partial charge in [0.2, 0.25) is 17.4 Å². The summed E-state index contributed by atoms with van der Waals surface area (Å²) < 4.78 is 26.2. The van der Waals surface area contributed by atoms with Crippen molar-refractivity contribution in [3.8, 4) is 0 Å². The van der Waals surface area contributed by atoms with Crippen LogP contribution < -0.4 is 10.2 Å². The molecule has 2 heterocycles. The van der Waals surface area contributed by atoms with E-state index in [1.54, 1.807) is 38.1 Å². The van der Waals surface area contributed by atoms with Crippen LogP contribution in [0.15, 0.2) is 36.4 Å². The highest BCUT2D eigenvalue weighted by Crippen LogP contribution is 2.62. The van der Waals surface area contributed by atoms with Gasteiger partial charge in [-0.05, 0) is 61.6 Å². The standard InChI is InChI=1S/C29H31Cl2FN2O6/c1-6-39-26(37)29(27(38)40-7-2)28(19-13-21(32)20(31)14-23(19)34(16(5)35)25(28)36)24(22(33-29)11-15(3)4)17-9-8-10-18(30)12-17/h8-10,12-15,22,24,33H,6-7,11H2,1-5H3/t22-,24-,28-/m1/s1. The Morgan fingerprint density at radius 3 is 2.23 bits per heavy atom. The maximum atomic E-state index is 15.3. The molecule has 214 valence electrons. The molecular formula is C29H31Cl2FN2O6. The lowest BCUT2D eigenvalue weighted by atomic mass is 9.58. The maximum Gasteiger partial charge on any atom is 0.339 e. The smallest absolute Gasteiger partial charge is 0.339 e. The normalized spacial score (nSPS) is 23.0. The van der Waals surface area contributed by atoms with Crippen LogP contribution in [0.25, 0.3) is 0 Å². The second-order valence-corrected chi connectivity index (χ2v) is 11.2. The Bertz CT molecular complexity index is 1360. The molecule has 4 rings (SSSR count). The Balaban J connectivity index is 2.25. The lowest BCUT2D eigenvalue weighted by molar-refractivity contribution is -0.171. The van der Waals surface area contributed by atoms with Crippen LogP contribution >= 0.6 is 23.2 Å². The summed E-state index contributed by atoms with van der Waals surface area (Å²) >= 11 is 12.5. The zero-order valence-electron chi connectivity index (χ0n) is 22.8. The number of carbonyl (C=O) groups excluding carboxylic acids is 4. The number of hydrogen-bond acceptors (Lipinski definition) is 7. The molecule has 2 aromatic carbocycles. The van der Waals surface area contributed by atoms with Gasteiger partial charge in [-0.1, -0.05) is 49.2 Å². The fourth-order valence-corrected chi connectivity index (χ4v) is 6.67. The molecule has 0 unspecified atom stereocenters. The van der Waals surface area contributed by atoms with E-state index in [2.05, 4.69) is 5.32 Å². The van der Waals surface area contributed by atoms with E-state index in [-0.39, 0.29) is 35.4 Å². The lowest BCUT2D eigenvalue weighted by Gasteiger charge is -2.41. The van der Waals surface area contributed by atoms with E-state index in [1.807, 2.05) is 13.8 Å². The van der Waals surface area contributed by atoms with Crippen LogP contribution in [0.1, 0.15) is 58.1 Å². The minimum absolute atomic E-state index is 0.0262. The molecular weight excluding hydrogens is 562 g/mol. The molecule has 3 atom stereocenters. The molecule has 40 heavy (non-hydrogen) atoms. The fourth-order valence-electron chi connectivity index (χ4n) is 6.31. The van der Waals surface area contributed by atoms with E-state index < -0.39 is 52.5 Å². The average molecular weight is 593 g/mol. The maximum absolute atomic E-state index is 15.3. The predicted molar refractivity (Wildman–Crippen MR) is 148 cm³/mol. The number of amides is 2. The minimum atomic E-state index is -2.48. The molecule has 1 N–H and O–H groups in total. The first-order valence-electron chi connectivity index (χ1n) is 13.1. The van der Waals surface area contributed by atoms with E-state index in [4.69, 9.17) is 32.7 Å². The van der Waals surface area contributed by atoms with Gasteiger partial charge in [0.15, 0.2) is 0 Å². The van der Waals surface area contributed by atoms with Crippen molar-refractivity contribution < 1.29 is 33.0 Å². The molecule has 1 fully saturated rings. The molecule has 0 aromatic heterocycles. The molecule has 0 radical (unpaired) electrons. The number of imide groups is 1. The van der Waals surface area contributed by atoms with E-state index in [9.17, 15) is 19.2 Å². The molecule has 1 saturated heterocycles. The largest absolute Gasteiger partial charge is 0.464 e. The quantitative estimate of drug-likeness (QED) is 0.359. The molecule has 0 bridgehead atoms. The van der Waals surface area contributed by atoms with E-state index in [0.717, 1.165) is 24.0 Å². The molecule has 2 aromatic rings. The van der Waals surface area contributed by atoms with Gasteiger partial charge >= 0.3 is 11.9 Å². The van der Waals surface area contributed by atoms with E-state index in [1.165, 1.54) is 0 Å². The lowest BCUT2D eigenvalue weighted by Crippen LogP contribution is -2.70. The summed E-state index contributed by atoms with van der Waals surface area (Å²) in [6, 6.07) is 8.13. The molecule has 2 aliphatic heterocycles. The van der Waals surface area contributed by atoms with E-state index >= 15 is 4.39 Å². The highest BCUT2D eigenvalue weighted by molar-refractivity contribution is 6.33. The number of esters is 2. The molecule has 11 heteroatoms. The molecule has 2 amide bonds. The van der Waals surface area contributed by atoms with Crippen LogP contribution in [0.5, 0.6) is 0 Å². The Kier molecular flexibility index (Phi) is 8.32. The third kappa shape index (κ3) is 4.30. The third-order valence-corrected chi connectivity index (χ3v) is 8.04. The number of anilines is 1. The number of rotatable bonds is 7. The van der Waals surface area contributed by atoms with Crippen LogP contribution in [0.3, 0.4) is 0 Å². The summed E-state index contributed by atoms with van der Waals surface area (Å²) in [4.78, 5) is 56.9. The van der Waals surface area contributed by atoms with Crippen molar-refractivity contribution in [2.45, 2.75) is 64.0 Å². The van der Waals surface area contributed by atoms with Gasteiger partial charge in [-0.2, -0.15) is 0 Å². The van der Waals surface area contributed by atoms with Crippen LogP contribution in [-0.2, 0) is 34.1 Å². The summed E-state index contributed by atoms with van der Waals surface area (Å²) in [6.45, 7) is 7.93. The first-order chi connectivity index (χ1) is 18.9. The van der Waals surface area contributed by atoms with Gasteiger partial charge in [0.1, 0.15) is 11.2 Å². The number of carbonyl (C=O) groups is 4. The summed E-state index contributed by atoms with van der Waals surface area (Å²) in [5.74, 6) is -5.61. The van der Waals surface area contributed by atoms with Crippen molar-refractivity contribution in [3.05, 3.63) is 63.4 Å². The van der Waals surface area contributed by atoms with Crippen LogP contribution in [0.4, 0.5) is 10.1 Å². The van der Waals surface area contributed by atoms with Crippen molar-refractivity contribution in [1.29, 1.82) is 0 Å². The van der Waals surface area contributed by atoms with Gasteiger partial charge in [0.05, 0.1) is 23.9 Å². The van der Waals surface area contributed by atoms with E-state index in [0.29, 0.717) is 17.0 Å². The first kappa shape index (κ1) is 30.0. The highest BCUT2D eigenvalue weighted by atomic mass is 35.5. The monoisotopic (exact) mass is 592 g/mol. The average Bonchev–Trinajstić information content (AvgIpc) is 3.30. The highest BCUT2D eigenvalue weighted by Gasteiger charge is 2.80. The number of fused-ring (bicyclic) bond motifs is 2. The number of nitrogens with one attached hydrogen (secondary N) is 1. The topological polar surface area (TPSA) is 102 Å². The predicted octanol–water partition coefficient (Wildman–Crippen LogP) is 4.93. The van der Waals surface area contributed by atoms with Crippen molar-refractivity contribution in [3.63, 3.8) is 0 Å². The minimum Gasteiger partial charge on any atom is -0.464 e. The second kappa shape index (κ2) is 11.1. The Hall–Kier alpha value is -3.01. The number of hydrogen-bond donors (Lipinski definition) is 1. The van der Waals surface area contributed by atoms with Crippen LogP contribution in [-0.4, -0.2) is 48.5 Å². The van der Waals surface area contributed by atoms with Crippen molar-refractivity contribution in [1.82, 2.24) is 5.32 Å². The number of benzene rings is 2. The molecule has 8 nitrogen and oxygen atoms in total. The molecule has 2 aliphatic rings. The molecule has 0 aliphatic carbocycles. The molecule has 0 saturated carbocycles. The van der Waals surface area contributed by atoms with Crippen LogP contribution in [0.2, 0.25) is 10.0 Å². The Morgan fingerprint density at radius 1 is 1.07 bits per heavy atom. The fraction of sp³-hybridized carbons (Fsp3) is 0.448. The van der Waals surface area contributed by atoms with Crippen molar-refractivity contribution in [2.24, 2.45) is 5.92 Å². The Morgan fingerprint density at radius 2 is 1.70 bits per heavy atom. The van der Waals surface area contributed by atoms with Gasteiger partial charge in [-0.15, -0.1) is 0 Å². The van der Waals surface area contributed by atoms with Gasteiger partial charge in [0, 0.05) is 23.9 Å². The number of halogens is 3. The summed E-state index contributed by atoms with van der Waals surface area (Å²) in [5.41, 5.74) is -4.27. The third-order valence-electron chi connectivity index (χ3n) is 7.52. The summed E-state index contributed by atoms with van der Waals surface area (Å²) in [6.07, 6.45) is 0.387. The van der Waals surface area contributed by atoms with Gasteiger partial charge in [0.25, 0.3) is 0 Å². The zero-order valence-corrected chi connectivity index (χ0v) is 24.4. The number of nitrogens with zero attached hydrogens (tertiary/aromatic N) is 1. The number of ether oxygens (including phenoxy) is 2. The summed E-state index contributed by atoms with van der Waals surface area (Å²) in [5, 5.41) is 3.17. The SMILES string of the molecule is CCOC(=O)C1(C(=O)OCC)N[C@H](CC(C)C)[C@@H](c2cccc(Cl)c2)[C@]12C(=O)N(C(C)=O)c1cc(Cl)c(F)cc12. The second-order valence-electron chi connectivity index (χ2n) is 10.4. The van der Waals surface area contributed by atoms with Crippen molar-refractivity contribution >= 4 is 52.6 Å².